The second-order valence-electron chi connectivity index (χ2n) is 8.75. The third-order valence-corrected chi connectivity index (χ3v) is 7.52. The molecular weight excluding hydrogens is 481 g/mol. The Hall–Kier alpha value is -3.41. The number of carbonyl (C=O) groups is 2. The normalized spacial score (nSPS) is 17.3. The summed E-state index contributed by atoms with van der Waals surface area (Å²) in [5.41, 5.74) is 3.91. The van der Waals surface area contributed by atoms with E-state index in [0.29, 0.717) is 16.3 Å². The second kappa shape index (κ2) is 7.58. The van der Waals surface area contributed by atoms with Gasteiger partial charge in [-0.05, 0) is 0 Å². The SMILES string of the molecule is CN1C(=O)C(=Cc2cc3c(o2)N(c2ccccc2)c2ccccc2C3(C)C)C(=O)N(C)C1=[Se]. The molecule has 0 bridgehead atoms. The van der Waals surface area contributed by atoms with Crippen molar-refractivity contribution in [1.29, 1.82) is 0 Å². The molecule has 1 saturated heterocycles. The van der Waals surface area contributed by atoms with E-state index in [0.717, 1.165) is 16.9 Å². The van der Waals surface area contributed by atoms with Crippen LogP contribution in [0, 0.1) is 0 Å². The summed E-state index contributed by atoms with van der Waals surface area (Å²) in [6, 6.07) is 20.2. The number of hydrogen-bond donors (Lipinski definition) is 0. The molecule has 7 heteroatoms. The summed E-state index contributed by atoms with van der Waals surface area (Å²) >= 11 is 2.78. The van der Waals surface area contributed by atoms with Crippen molar-refractivity contribution >= 4 is 55.4 Å². The van der Waals surface area contributed by atoms with Crippen LogP contribution in [0.4, 0.5) is 17.3 Å². The molecule has 1 fully saturated rings. The van der Waals surface area contributed by atoms with E-state index >= 15 is 0 Å². The summed E-state index contributed by atoms with van der Waals surface area (Å²) in [4.78, 5) is 30.6. The number of fused-ring (bicyclic) bond motifs is 2. The maximum absolute atomic E-state index is 12.8. The van der Waals surface area contributed by atoms with E-state index in [1.165, 1.54) is 15.4 Å². The standard InChI is InChI=1S/C26H23N3O3Se/c1-26(2)19-12-8-9-13-21(19)29(16-10-6-5-7-11-16)24-20(26)15-17(32-24)14-18-22(30)27(3)25(33)28(4)23(18)31/h5-15H,1-4H3. The van der Waals surface area contributed by atoms with Crippen LogP contribution >= 0.6 is 0 Å². The molecule has 0 spiro atoms. The van der Waals surface area contributed by atoms with E-state index in [1.54, 1.807) is 20.2 Å². The Morgan fingerprint density at radius 2 is 1.48 bits per heavy atom. The monoisotopic (exact) mass is 505 g/mol. The minimum absolute atomic E-state index is 0.0617. The van der Waals surface area contributed by atoms with Gasteiger partial charge in [-0.2, -0.15) is 0 Å². The van der Waals surface area contributed by atoms with Crippen molar-refractivity contribution in [2.24, 2.45) is 0 Å². The Kier molecular flexibility index (Phi) is 4.92. The van der Waals surface area contributed by atoms with Gasteiger partial charge >= 0.3 is 195 Å². The summed E-state index contributed by atoms with van der Waals surface area (Å²) in [5, 5.41) is 0. The minimum atomic E-state index is -0.372. The molecule has 2 aromatic carbocycles. The molecule has 0 unspecified atom stereocenters. The van der Waals surface area contributed by atoms with Crippen LogP contribution in [0.15, 0.2) is 70.7 Å². The van der Waals surface area contributed by atoms with Gasteiger partial charge in [-0.15, -0.1) is 0 Å². The van der Waals surface area contributed by atoms with Gasteiger partial charge in [-0.3, -0.25) is 0 Å². The molecule has 1 aromatic heterocycles. The number of nitrogens with zero attached hydrogens (tertiary/aromatic N) is 3. The van der Waals surface area contributed by atoms with Crippen molar-refractivity contribution in [2.75, 3.05) is 19.0 Å². The second-order valence-corrected chi connectivity index (χ2v) is 9.52. The molecule has 0 atom stereocenters. The van der Waals surface area contributed by atoms with Gasteiger partial charge < -0.3 is 0 Å². The quantitative estimate of drug-likeness (QED) is 0.301. The number of para-hydroxylation sites is 2. The van der Waals surface area contributed by atoms with Gasteiger partial charge in [0.15, 0.2) is 0 Å². The molecule has 166 valence electrons. The molecular formula is C26H23N3O3Se. The molecule has 0 saturated carbocycles. The third kappa shape index (κ3) is 3.19. The predicted molar refractivity (Wildman–Crippen MR) is 130 cm³/mol. The Morgan fingerprint density at radius 3 is 2.15 bits per heavy atom. The third-order valence-electron chi connectivity index (χ3n) is 6.37. The van der Waals surface area contributed by atoms with Crippen LogP contribution in [0.25, 0.3) is 6.08 Å². The van der Waals surface area contributed by atoms with E-state index < -0.39 is 0 Å². The zero-order valence-corrected chi connectivity index (χ0v) is 20.5. The topological polar surface area (TPSA) is 57.0 Å². The van der Waals surface area contributed by atoms with E-state index in [-0.39, 0.29) is 22.8 Å². The van der Waals surface area contributed by atoms with E-state index in [2.05, 4.69) is 46.5 Å². The summed E-state index contributed by atoms with van der Waals surface area (Å²) in [6.07, 6.45) is 1.55. The summed E-state index contributed by atoms with van der Waals surface area (Å²) in [5.74, 6) is 0.404. The van der Waals surface area contributed by atoms with E-state index in [9.17, 15) is 9.59 Å². The first-order chi connectivity index (χ1) is 15.7. The van der Waals surface area contributed by atoms with Crippen molar-refractivity contribution in [3.05, 3.63) is 83.1 Å². The Labute approximate surface area is 200 Å². The first-order valence-corrected chi connectivity index (χ1v) is 11.5. The van der Waals surface area contributed by atoms with Crippen molar-refractivity contribution in [2.45, 2.75) is 19.3 Å². The number of likely N-dealkylation sites (N-methyl/N-ethyl adjacent to an activating group) is 2. The van der Waals surface area contributed by atoms with Crippen LogP contribution in [0.3, 0.4) is 0 Å². The Balaban J connectivity index is 1.69. The molecule has 0 N–H and O–H groups in total. The number of carbonyl (C=O) groups excluding carboxylic acids is 2. The van der Waals surface area contributed by atoms with Gasteiger partial charge in [0.1, 0.15) is 0 Å². The van der Waals surface area contributed by atoms with E-state index in [4.69, 9.17) is 4.42 Å². The van der Waals surface area contributed by atoms with Gasteiger partial charge in [0.05, 0.1) is 0 Å². The Morgan fingerprint density at radius 1 is 0.879 bits per heavy atom. The van der Waals surface area contributed by atoms with Gasteiger partial charge in [-0.25, -0.2) is 0 Å². The number of rotatable bonds is 2. The fourth-order valence-electron chi connectivity index (χ4n) is 4.49. The van der Waals surface area contributed by atoms with Crippen LogP contribution in [-0.4, -0.2) is 56.0 Å². The number of hydrogen-bond acceptors (Lipinski definition) is 4. The van der Waals surface area contributed by atoms with Gasteiger partial charge in [0, 0.05) is 0 Å². The van der Waals surface area contributed by atoms with Gasteiger partial charge in [-0.1, -0.05) is 6.07 Å². The number of amides is 2. The van der Waals surface area contributed by atoms with Gasteiger partial charge in [0.2, 0.25) is 0 Å². The first-order valence-electron chi connectivity index (χ1n) is 10.6. The summed E-state index contributed by atoms with van der Waals surface area (Å²) in [7, 11) is 3.27. The molecule has 33 heavy (non-hydrogen) atoms. The fourth-order valence-corrected chi connectivity index (χ4v) is 4.84. The molecule has 0 aliphatic carbocycles. The van der Waals surface area contributed by atoms with Crippen LogP contribution in [0.2, 0.25) is 0 Å². The summed E-state index contributed by atoms with van der Waals surface area (Å²) < 4.78 is 6.82. The van der Waals surface area contributed by atoms with Crippen molar-refractivity contribution in [3.8, 4) is 0 Å². The molecule has 3 heterocycles. The zero-order valence-electron chi connectivity index (χ0n) is 18.8. The van der Waals surface area contributed by atoms with Crippen molar-refractivity contribution in [1.82, 2.24) is 9.80 Å². The molecule has 3 aromatic rings. The van der Waals surface area contributed by atoms with Crippen LogP contribution < -0.4 is 4.90 Å². The number of furan rings is 1. The molecule has 2 aliphatic heterocycles. The summed E-state index contributed by atoms with van der Waals surface area (Å²) in [6.45, 7) is 4.32. The van der Waals surface area contributed by atoms with Crippen molar-refractivity contribution in [3.63, 3.8) is 0 Å². The molecule has 2 aliphatic rings. The first kappa shape index (κ1) is 21.4. The average molecular weight is 504 g/mol. The molecule has 0 radical (unpaired) electrons. The predicted octanol–water partition coefficient (Wildman–Crippen LogP) is 3.96. The zero-order chi connectivity index (χ0) is 23.5. The van der Waals surface area contributed by atoms with E-state index in [1.807, 2.05) is 48.5 Å². The number of benzene rings is 2. The van der Waals surface area contributed by atoms with Crippen LogP contribution in [0.1, 0.15) is 30.7 Å². The molecule has 2 amide bonds. The van der Waals surface area contributed by atoms with Crippen LogP contribution in [-0.2, 0) is 15.0 Å². The van der Waals surface area contributed by atoms with Crippen LogP contribution in [0.5, 0.6) is 0 Å². The average Bonchev–Trinajstić information content (AvgIpc) is 3.25. The maximum atomic E-state index is 12.8. The van der Waals surface area contributed by atoms with Gasteiger partial charge in [0.25, 0.3) is 0 Å². The Bertz CT molecular complexity index is 1310. The van der Waals surface area contributed by atoms with Crippen molar-refractivity contribution < 1.29 is 14.0 Å². The molecule has 5 rings (SSSR count). The fraction of sp³-hybridized carbons (Fsp3) is 0.192. The molecule has 6 nitrogen and oxygen atoms in total. The number of anilines is 3.